The van der Waals surface area contributed by atoms with Gasteiger partial charge in [-0.25, -0.2) is 0 Å². The van der Waals surface area contributed by atoms with E-state index in [4.69, 9.17) is 4.74 Å². The van der Waals surface area contributed by atoms with Crippen LogP contribution in [0, 0.1) is 6.92 Å². The fourth-order valence-corrected chi connectivity index (χ4v) is 3.12. The van der Waals surface area contributed by atoms with Crippen molar-refractivity contribution < 1.29 is 9.53 Å². The van der Waals surface area contributed by atoms with Crippen LogP contribution in [0.25, 0.3) is 0 Å². The Balaban J connectivity index is 1.65. The molecule has 3 rings (SSSR count). The van der Waals surface area contributed by atoms with Crippen LogP contribution < -0.4 is 0 Å². The number of aryl methyl sites for hydroxylation is 1. The predicted octanol–water partition coefficient (Wildman–Crippen LogP) is 0.655. The second-order valence-electron chi connectivity index (χ2n) is 5.60. The third-order valence-corrected chi connectivity index (χ3v) is 4.31. The van der Waals surface area contributed by atoms with E-state index in [9.17, 15) is 4.79 Å². The number of aromatic nitrogens is 2. The quantitative estimate of drug-likeness (QED) is 0.863. The van der Waals surface area contributed by atoms with Gasteiger partial charge >= 0.3 is 0 Å². The number of aromatic amines is 1. The highest BCUT2D eigenvalue weighted by molar-refractivity contribution is 5.95. The summed E-state index contributed by atoms with van der Waals surface area (Å²) in [6.45, 7) is 7.16. The molecule has 1 aromatic heterocycles. The Morgan fingerprint density at radius 1 is 1.40 bits per heavy atom. The Morgan fingerprint density at radius 2 is 2.20 bits per heavy atom. The number of H-pyrrole nitrogens is 1. The topological polar surface area (TPSA) is 61.5 Å². The molecule has 110 valence electrons. The molecule has 0 aliphatic carbocycles. The van der Waals surface area contributed by atoms with Gasteiger partial charge in [0, 0.05) is 37.9 Å². The van der Waals surface area contributed by atoms with E-state index in [0.29, 0.717) is 11.6 Å². The second kappa shape index (κ2) is 5.93. The maximum atomic E-state index is 12.5. The van der Waals surface area contributed by atoms with E-state index in [-0.39, 0.29) is 5.91 Å². The molecule has 6 nitrogen and oxygen atoms in total. The Kier molecular flexibility index (Phi) is 4.03. The van der Waals surface area contributed by atoms with E-state index < -0.39 is 0 Å². The van der Waals surface area contributed by atoms with Gasteiger partial charge in [-0.05, 0) is 19.8 Å². The van der Waals surface area contributed by atoms with Gasteiger partial charge in [-0.1, -0.05) is 0 Å². The Morgan fingerprint density at radius 3 is 2.90 bits per heavy atom. The number of amides is 1. The van der Waals surface area contributed by atoms with E-state index in [1.54, 1.807) is 6.20 Å². The van der Waals surface area contributed by atoms with Crippen LogP contribution in [0.3, 0.4) is 0 Å². The summed E-state index contributed by atoms with van der Waals surface area (Å²) in [6.07, 6.45) is 3.88. The number of nitrogens with one attached hydrogen (secondary N) is 1. The Labute approximate surface area is 119 Å². The van der Waals surface area contributed by atoms with Crippen LogP contribution in [-0.2, 0) is 4.74 Å². The molecule has 0 bridgehead atoms. The molecule has 1 unspecified atom stereocenters. The molecular formula is C14H22N4O2. The van der Waals surface area contributed by atoms with Crippen molar-refractivity contribution >= 4 is 5.91 Å². The van der Waals surface area contributed by atoms with E-state index in [1.807, 2.05) is 11.8 Å². The van der Waals surface area contributed by atoms with Gasteiger partial charge < -0.3 is 9.64 Å². The summed E-state index contributed by atoms with van der Waals surface area (Å²) >= 11 is 0. The van der Waals surface area contributed by atoms with Crippen LogP contribution in [0.4, 0.5) is 0 Å². The fraction of sp³-hybridized carbons (Fsp3) is 0.714. The molecule has 0 spiro atoms. The molecule has 1 atom stereocenters. The van der Waals surface area contributed by atoms with E-state index >= 15 is 0 Å². The number of piperidine rings is 1. The minimum atomic E-state index is 0.106. The first-order valence-electron chi connectivity index (χ1n) is 7.37. The number of rotatable bonds is 2. The van der Waals surface area contributed by atoms with Crippen molar-refractivity contribution in [2.75, 3.05) is 39.4 Å². The SMILES string of the molecule is Cc1[nH]ncc1C(=O)N1CCCC(N2CCOCC2)C1. The number of carbonyl (C=O) groups excluding carboxylic acids is 1. The normalized spacial score (nSPS) is 24.9. The predicted molar refractivity (Wildman–Crippen MR) is 74.6 cm³/mol. The smallest absolute Gasteiger partial charge is 0.257 e. The molecule has 3 heterocycles. The summed E-state index contributed by atoms with van der Waals surface area (Å²) in [6, 6.07) is 0.476. The monoisotopic (exact) mass is 278 g/mol. The van der Waals surface area contributed by atoms with Gasteiger partial charge in [-0.2, -0.15) is 5.10 Å². The number of carbonyl (C=O) groups is 1. The largest absolute Gasteiger partial charge is 0.379 e. The minimum absolute atomic E-state index is 0.106. The number of hydrogen-bond acceptors (Lipinski definition) is 4. The van der Waals surface area contributed by atoms with Crippen molar-refractivity contribution in [3.8, 4) is 0 Å². The first kappa shape index (κ1) is 13.6. The van der Waals surface area contributed by atoms with Crippen molar-refractivity contribution in [1.82, 2.24) is 20.0 Å². The van der Waals surface area contributed by atoms with E-state index in [2.05, 4.69) is 15.1 Å². The van der Waals surface area contributed by atoms with Crippen LogP contribution in [0.15, 0.2) is 6.20 Å². The summed E-state index contributed by atoms with van der Waals surface area (Å²) in [5, 5.41) is 6.79. The van der Waals surface area contributed by atoms with Gasteiger partial charge in [-0.15, -0.1) is 0 Å². The average Bonchev–Trinajstić information content (AvgIpc) is 2.94. The van der Waals surface area contributed by atoms with E-state index in [0.717, 1.165) is 51.5 Å². The molecule has 0 aromatic carbocycles. The zero-order valence-corrected chi connectivity index (χ0v) is 12.0. The molecule has 20 heavy (non-hydrogen) atoms. The highest BCUT2D eigenvalue weighted by atomic mass is 16.5. The van der Waals surface area contributed by atoms with Crippen molar-refractivity contribution in [3.05, 3.63) is 17.5 Å². The Hall–Kier alpha value is -1.40. The molecular weight excluding hydrogens is 256 g/mol. The summed E-state index contributed by atoms with van der Waals surface area (Å²) in [7, 11) is 0. The lowest BCUT2D eigenvalue weighted by atomic mass is 10.0. The van der Waals surface area contributed by atoms with Gasteiger partial charge in [0.05, 0.1) is 25.0 Å². The summed E-state index contributed by atoms with van der Waals surface area (Å²) in [4.78, 5) is 17.0. The van der Waals surface area contributed by atoms with Gasteiger partial charge in [0.15, 0.2) is 0 Å². The molecule has 1 aromatic rings. The highest BCUT2D eigenvalue weighted by Gasteiger charge is 2.29. The lowest BCUT2D eigenvalue weighted by Gasteiger charge is -2.40. The maximum Gasteiger partial charge on any atom is 0.257 e. The van der Waals surface area contributed by atoms with Gasteiger partial charge in [-0.3, -0.25) is 14.8 Å². The fourth-order valence-electron chi connectivity index (χ4n) is 3.12. The van der Waals surface area contributed by atoms with Gasteiger partial charge in [0.2, 0.25) is 0 Å². The molecule has 2 fully saturated rings. The first-order valence-corrected chi connectivity index (χ1v) is 7.37. The molecule has 0 radical (unpaired) electrons. The van der Waals surface area contributed by atoms with Crippen molar-refractivity contribution in [2.45, 2.75) is 25.8 Å². The number of likely N-dealkylation sites (tertiary alicyclic amines) is 1. The number of morpholine rings is 1. The highest BCUT2D eigenvalue weighted by Crippen LogP contribution is 2.19. The summed E-state index contributed by atoms with van der Waals surface area (Å²) in [5.41, 5.74) is 1.55. The molecule has 0 saturated carbocycles. The molecule has 1 N–H and O–H groups in total. The lowest BCUT2D eigenvalue weighted by Crippen LogP contribution is -2.52. The van der Waals surface area contributed by atoms with Crippen LogP contribution in [0.5, 0.6) is 0 Å². The van der Waals surface area contributed by atoms with Gasteiger partial charge in [0.25, 0.3) is 5.91 Å². The lowest BCUT2D eigenvalue weighted by molar-refractivity contribution is -0.00121. The number of hydrogen-bond donors (Lipinski definition) is 1. The zero-order valence-electron chi connectivity index (χ0n) is 12.0. The molecule has 2 saturated heterocycles. The maximum absolute atomic E-state index is 12.5. The molecule has 6 heteroatoms. The van der Waals surface area contributed by atoms with Crippen LogP contribution in [-0.4, -0.2) is 71.3 Å². The summed E-state index contributed by atoms with van der Waals surface area (Å²) in [5.74, 6) is 0.106. The Bertz CT molecular complexity index is 467. The first-order chi connectivity index (χ1) is 9.75. The third kappa shape index (κ3) is 2.71. The average molecular weight is 278 g/mol. The van der Waals surface area contributed by atoms with Crippen LogP contribution in [0.1, 0.15) is 28.9 Å². The van der Waals surface area contributed by atoms with E-state index in [1.165, 1.54) is 6.42 Å². The third-order valence-electron chi connectivity index (χ3n) is 4.31. The number of ether oxygens (including phenoxy) is 1. The molecule has 2 aliphatic heterocycles. The number of nitrogens with zero attached hydrogens (tertiary/aromatic N) is 3. The second-order valence-corrected chi connectivity index (χ2v) is 5.60. The molecule has 1 amide bonds. The van der Waals surface area contributed by atoms with Crippen LogP contribution >= 0.6 is 0 Å². The molecule has 2 aliphatic rings. The van der Waals surface area contributed by atoms with Crippen molar-refractivity contribution in [2.24, 2.45) is 0 Å². The zero-order chi connectivity index (χ0) is 13.9. The minimum Gasteiger partial charge on any atom is -0.379 e. The summed E-state index contributed by atoms with van der Waals surface area (Å²) < 4.78 is 5.40. The standard InChI is InChI=1S/C14H22N4O2/c1-11-13(9-15-16-11)14(19)18-4-2-3-12(10-18)17-5-7-20-8-6-17/h9,12H,2-8,10H2,1H3,(H,15,16). The van der Waals surface area contributed by atoms with Crippen LogP contribution in [0.2, 0.25) is 0 Å². The van der Waals surface area contributed by atoms with Crippen molar-refractivity contribution in [3.63, 3.8) is 0 Å². The van der Waals surface area contributed by atoms with Crippen molar-refractivity contribution in [1.29, 1.82) is 0 Å². The van der Waals surface area contributed by atoms with Gasteiger partial charge in [0.1, 0.15) is 0 Å².